The van der Waals surface area contributed by atoms with Crippen molar-refractivity contribution in [3.05, 3.63) is 95.6 Å². The highest BCUT2D eigenvalue weighted by Crippen LogP contribution is 2.24. The minimum Gasteiger partial charge on any atom is -0.346 e. The van der Waals surface area contributed by atoms with E-state index in [9.17, 15) is 18.0 Å². The second-order valence-corrected chi connectivity index (χ2v) is 9.94. The molecule has 8 heteroatoms. The number of rotatable bonds is 6. The van der Waals surface area contributed by atoms with Crippen molar-refractivity contribution in [2.24, 2.45) is 0 Å². The Morgan fingerprint density at radius 3 is 2.24 bits per heavy atom. The average Bonchev–Trinajstić information content (AvgIpc) is 3.18. The number of nitrogens with one attached hydrogen (secondary N) is 2. The van der Waals surface area contributed by atoms with E-state index >= 15 is 0 Å². The van der Waals surface area contributed by atoms with Crippen molar-refractivity contribution in [2.75, 3.05) is 21.9 Å². The standard InChI is InChI=1S/C25H25N3O4S/c1-18(21-9-5-10-22(17-21)27-25(30)19-7-3-2-4-8-19)26-24(29)20-11-13-23(14-12-20)28-15-6-16-33(28,31)32/h2-5,7-14,17-18H,6,15-16H2,1H3,(H,26,29)(H,27,30). The Morgan fingerprint density at radius 1 is 0.879 bits per heavy atom. The van der Waals surface area contributed by atoms with Gasteiger partial charge in [-0.1, -0.05) is 30.3 Å². The van der Waals surface area contributed by atoms with Crippen molar-refractivity contribution >= 4 is 33.2 Å². The highest BCUT2D eigenvalue weighted by Gasteiger charge is 2.28. The van der Waals surface area contributed by atoms with Crippen molar-refractivity contribution in [1.29, 1.82) is 0 Å². The van der Waals surface area contributed by atoms with Gasteiger partial charge in [0.2, 0.25) is 10.0 Å². The molecule has 170 valence electrons. The van der Waals surface area contributed by atoms with Crippen molar-refractivity contribution in [3.63, 3.8) is 0 Å². The molecule has 1 atom stereocenters. The van der Waals surface area contributed by atoms with E-state index in [1.165, 1.54) is 4.31 Å². The third-order valence-electron chi connectivity index (χ3n) is 5.54. The molecule has 2 amide bonds. The average molecular weight is 464 g/mol. The predicted molar refractivity (Wildman–Crippen MR) is 129 cm³/mol. The first-order valence-electron chi connectivity index (χ1n) is 10.7. The third kappa shape index (κ3) is 5.23. The first-order valence-corrected chi connectivity index (χ1v) is 12.3. The molecule has 1 aliphatic rings. The lowest BCUT2D eigenvalue weighted by Crippen LogP contribution is -2.27. The van der Waals surface area contributed by atoms with Crippen LogP contribution in [0.4, 0.5) is 11.4 Å². The highest BCUT2D eigenvalue weighted by molar-refractivity contribution is 7.93. The van der Waals surface area contributed by atoms with E-state index < -0.39 is 10.0 Å². The number of hydrogen-bond donors (Lipinski definition) is 2. The maximum Gasteiger partial charge on any atom is 0.255 e. The Kier molecular flexibility index (Phi) is 6.46. The van der Waals surface area contributed by atoms with E-state index in [1.807, 2.05) is 31.2 Å². The Hall–Kier alpha value is -3.65. The van der Waals surface area contributed by atoms with Gasteiger partial charge in [-0.15, -0.1) is 0 Å². The number of amides is 2. The zero-order chi connectivity index (χ0) is 23.4. The van der Waals surface area contributed by atoms with E-state index in [4.69, 9.17) is 0 Å². The van der Waals surface area contributed by atoms with Crippen molar-refractivity contribution in [3.8, 4) is 0 Å². The number of anilines is 2. The highest BCUT2D eigenvalue weighted by atomic mass is 32.2. The fraction of sp³-hybridized carbons (Fsp3) is 0.200. The van der Waals surface area contributed by atoms with Gasteiger partial charge in [0.25, 0.3) is 11.8 Å². The second kappa shape index (κ2) is 9.46. The summed E-state index contributed by atoms with van der Waals surface area (Å²) in [6, 6.07) is 22.5. The van der Waals surface area contributed by atoms with Gasteiger partial charge in [0.15, 0.2) is 0 Å². The summed E-state index contributed by atoms with van der Waals surface area (Å²) in [7, 11) is -3.26. The fourth-order valence-corrected chi connectivity index (χ4v) is 5.31. The van der Waals surface area contributed by atoms with Gasteiger partial charge in [0, 0.05) is 23.4 Å². The molecule has 3 aromatic carbocycles. The maximum atomic E-state index is 12.7. The molecule has 1 heterocycles. The molecule has 0 spiro atoms. The molecule has 3 aromatic rings. The van der Waals surface area contributed by atoms with Gasteiger partial charge in [0.05, 0.1) is 17.5 Å². The number of carbonyl (C=O) groups is 2. The van der Waals surface area contributed by atoms with Crippen LogP contribution in [0, 0.1) is 0 Å². The smallest absolute Gasteiger partial charge is 0.255 e. The molecule has 1 saturated heterocycles. The monoisotopic (exact) mass is 463 g/mol. The van der Waals surface area contributed by atoms with Gasteiger partial charge in [-0.05, 0) is 67.4 Å². The lowest BCUT2D eigenvalue weighted by Gasteiger charge is -2.18. The van der Waals surface area contributed by atoms with Crippen LogP contribution in [-0.4, -0.2) is 32.5 Å². The molecule has 0 saturated carbocycles. The van der Waals surface area contributed by atoms with Crippen LogP contribution < -0.4 is 14.9 Å². The lowest BCUT2D eigenvalue weighted by molar-refractivity contribution is 0.0939. The lowest BCUT2D eigenvalue weighted by atomic mass is 10.1. The Morgan fingerprint density at radius 2 is 1.58 bits per heavy atom. The van der Waals surface area contributed by atoms with E-state index in [2.05, 4.69) is 10.6 Å². The maximum absolute atomic E-state index is 12.7. The van der Waals surface area contributed by atoms with E-state index in [0.29, 0.717) is 35.5 Å². The quantitative estimate of drug-likeness (QED) is 0.578. The summed E-state index contributed by atoms with van der Waals surface area (Å²) in [5.41, 5.74) is 3.05. The summed E-state index contributed by atoms with van der Waals surface area (Å²) >= 11 is 0. The summed E-state index contributed by atoms with van der Waals surface area (Å²) in [6.45, 7) is 2.32. The summed E-state index contributed by atoms with van der Waals surface area (Å²) in [4.78, 5) is 25.1. The van der Waals surface area contributed by atoms with Crippen LogP contribution >= 0.6 is 0 Å². The van der Waals surface area contributed by atoms with Crippen LogP contribution in [0.2, 0.25) is 0 Å². The van der Waals surface area contributed by atoms with E-state index in [-0.39, 0.29) is 23.6 Å². The molecule has 1 unspecified atom stereocenters. The van der Waals surface area contributed by atoms with Crippen LogP contribution in [-0.2, 0) is 10.0 Å². The topological polar surface area (TPSA) is 95.6 Å². The molecule has 4 rings (SSSR count). The number of nitrogens with zero attached hydrogens (tertiary/aromatic N) is 1. The minimum atomic E-state index is -3.26. The first kappa shape index (κ1) is 22.5. The minimum absolute atomic E-state index is 0.150. The Bertz CT molecular complexity index is 1260. The summed E-state index contributed by atoms with van der Waals surface area (Å²) in [5, 5.41) is 5.82. The van der Waals surface area contributed by atoms with Crippen LogP contribution in [0.15, 0.2) is 78.9 Å². The van der Waals surface area contributed by atoms with Gasteiger partial charge < -0.3 is 10.6 Å². The molecule has 33 heavy (non-hydrogen) atoms. The first-order chi connectivity index (χ1) is 15.8. The zero-order valence-electron chi connectivity index (χ0n) is 18.2. The van der Waals surface area contributed by atoms with Crippen molar-refractivity contribution < 1.29 is 18.0 Å². The molecular weight excluding hydrogens is 438 g/mol. The number of benzene rings is 3. The van der Waals surface area contributed by atoms with Crippen LogP contribution in [0.3, 0.4) is 0 Å². The molecule has 0 aliphatic carbocycles. The van der Waals surface area contributed by atoms with Crippen LogP contribution in [0.25, 0.3) is 0 Å². The van der Waals surface area contributed by atoms with Gasteiger partial charge in [0.1, 0.15) is 0 Å². The summed E-state index contributed by atoms with van der Waals surface area (Å²) < 4.78 is 25.5. The Balaban J connectivity index is 1.41. The molecule has 0 aromatic heterocycles. The molecule has 7 nitrogen and oxygen atoms in total. The van der Waals surface area contributed by atoms with E-state index in [1.54, 1.807) is 54.6 Å². The molecular formula is C25H25N3O4S. The second-order valence-electron chi connectivity index (χ2n) is 7.93. The predicted octanol–water partition coefficient (Wildman–Crippen LogP) is 3.97. The molecule has 0 radical (unpaired) electrons. The van der Waals surface area contributed by atoms with Gasteiger partial charge in [-0.25, -0.2) is 8.42 Å². The SMILES string of the molecule is CC(NC(=O)c1ccc(N2CCCS2(=O)=O)cc1)c1cccc(NC(=O)c2ccccc2)c1. The number of carbonyl (C=O) groups excluding carboxylic acids is 2. The summed E-state index contributed by atoms with van der Waals surface area (Å²) in [6.07, 6.45) is 0.604. The van der Waals surface area contributed by atoms with Gasteiger partial charge >= 0.3 is 0 Å². The fourth-order valence-electron chi connectivity index (χ4n) is 3.75. The molecule has 0 bridgehead atoms. The normalized spacial score (nSPS) is 15.6. The van der Waals surface area contributed by atoms with Crippen molar-refractivity contribution in [1.82, 2.24) is 5.32 Å². The number of hydrogen-bond acceptors (Lipinski definition) is 4. The molecule has 1 fully saturated rings. The Labute approximate surface area is 193 Å². The van der Waals surface area contributed by atoms with E-state index in [0.717, 1.165) is 5.56 Å². The molecule has 1 aliphatic heterocycles. The van der Waals surface area contributed by atoms with Crippen molar-refractivity contribution in [2.45, 2.75) is 19.4 Å². The third-order valence-corrected chi connectivity index (χ3v) is 7.41. The van der Waals surface area contributed by atoms with Crippen LogP contribution in [0.1, 0.15) is 45.7 Å². The largest absolute Gasteiger partial charge is 0.346 e. The molecule has 2 N–H and O–H groups in total. The number of sulfonamides is 1. The van der Waals surface area contributed by atoms with Crippen LogP contribution in [0.5, 0.6) is 0 Å². The summed E-state index contributed by atoms with van der Waals surface area (Å²) in [5.74, 6) is -0.320. The van der Waals surface area contributed by atoms with Gasteiger partial charge in [-0.2, -0.15) is 0 Å². The van der Waals surface area contributed by atoms with Gasteiger partial charge in [-0.3, -0.25) is 13.9 Å². The zero-order valence-corrected chi connectivity index (χ0v) is 19.0.